The molecule has 3 N–H and O–H groups in total. The van der Waals surface area contributed by atoms with E-state index < -0.39 is 0 Å². The quantitative estimate of drug-likeness (QED) is 0.320. The van der Waals surface area contributed by atoms with Crippen molar-refractivity contribution in [3.63, 3.8) is 0 Å². The SMILES string of the molecule is c1cncc(-c2ccnc3[nH]c(-c4n[nH]c5ccc(-c6cncc(OC7CCNCC7)c6)nc45)cc23)c1. The lowest BCUT2D eigenvalue weighted by molar-refractivity contribution is 0.162. The first-order valence-corrected chi connectivity index (χ1v) is 12.4. The van der Waals surface area contributed by atoms with E-state index in [1.165, 1.54) is 0 Å². The number of H-pyrrole nitrogens is 2. The Kier molecular flexibility index (Phi) is 5.32. The second kappa shape index (κ2) is 9.11. The third-order valence-corrected chi connectivity index (χ3v) is 6.77. The average Bonchev–Trinajstić information content (AvgIpc) is 3.58. The van der Waals surface area contributed by atoms with Crippen LogP contribution in [0.2, 0.25) is 0 Å². The smallest absolute Gasteiger partial charge is 0.138 e. The summed E-state index contributed by atoms with van der Waals surface area (Å²) in [5.74, 6) is 0.767. The number of nitrogens with zero attached hydrogens (tertiary/aromatic N) is 5. The number of hydrogen-bond acceptors (Lipinski definition) is 7. The summed E-state index contributed by atoms with van der Waals surface area (Å²) in [6.07, 6.45) is 11.2. The highest BCUT2D eigenvalue weighted by atomic mass is 16.5. The van der Waals surface area contributed by atoms with Gasteiger partial charge in [0.2, 0.25) is 0 Å². The molecule has 0 saturated carbocycles. The van der Waals surface area contributed by atoms with Crippen molar-refractivity contribution < 1.29 is 4.74 Å². The number of pyridine rings is 4. The van der Waals surface area contributed by atoms with Gasteiger partial charge in [0, 0.05) is 41.3 Å². The molecule has 0 radical (unpaired) electrons. The Morgan fingerprint density at radius 1 is 0.892 bits per heavy atom. The molecule has 6 aromatic rings. The zero-order valence-electron chi connectivity index (χ0n) is 20.0. The van der Waals surface area contributed by atoms with Gasteiger partial charge in [-0.1, -0.05) is 6.07 Å². The normalized spacial score (nSPS) is 14.4. The van der Waals surface area contributed by atoms with E-state index in [9.17, 15) is 0 Å². The van der Waals surface area contributed by atoms with Crippen LogP contribution in [0.15, 0.2) is 73.4 Å². The van der Waals surface area contributed by atoms with Gasteiger partial charge in [0.25, 0.3) is 0 Å². The van der Waals surface area contributed by atoms with Gasteiger partial charge in [-0.2, -0.15) is 5.10 Å². The van der Waals surface area contributed by atoms with Crippen LogP contribution in [-0.4, -0.2) is 54.3 Å². The van der Waals surface area contributed by atoms with Crippen LogP contribution in [0.4, 0.5) is 0 Å². The van der Waals surface area contributed by atoms with E-state index >= 15 is 0 Å². The van der Waals surface area contributed by atoms with Crippen molar-refractivity contribution in [3.05, 3.63) is 73.4 Å². The maximum absolute atomic E-state index is 6.20. The van der Waals surface area contributed by atoms with Gasteiger partial charge in [-0.05, 0) is 67.9 Å². The Morgan fingerprint density at radius 2 is 1.81 bits per heavy atom. The van der Waals surface area contributed by atoms with Crippen LogP contribution in [0.5, 0.6) is 5.75 Å². The van der Waals surface area contributed by atoms with Crippen molar-refractivity contribution in [3.8, 4) is 39.5 Å². The maximum atomic E-state index is 6.20. The topological polar surface area (TPSA) is 117 Å². The van der Waals surface area contributed by atoms with Gasteiger partial charge < -0.3 is 15.0 Å². The van der Waals surface area contributed by atoms with Gasteiger partial charge in [0.15, 0.2) is 0 Å². The highest BCUT2D eigenvalue weighted by molar-refractivity contribution is 5.98. The molecular formula is C28H24N8O. The predicted octanol–water partition coefficient (Wildman–Crippen LogP) is 4.76. The molecule has 0 spiro atoms. The third-order valence-electron chi connectivity index (χ3n) is 6.77. The van der Waals surface area contributed by atoms with Crippen LogP contribution >= 0.6 is 0 Å². The third kappa shape index (κ3) is 4.09. The Morgan fingerprint density at radius 3 is 2.70 bits per heavy atom. The lowest BCUT2D eigenvalue weighted by Gasteiger charge is -2.23. The van der Waals surface area contributed by atoms with Crippen molar-refractivity contribution in [1.29, 1.82) is 0 Å². The lowest BCUT2D eigenvalue weighted by Crippen LogP contribution is -2.34. The largest absolute Gasteiger partial charge is 0.489 e. The van der Waals surface area contributed by atoms with E-state index in [0.29, 0.717) is 0 Å². The van der Waals surface area contributed by atoms with Crippen molar-refractivity contribution >= 4 is 22.1 Å². The Balaban J connectivity index is 1.26. The van der Waals surface area contributed by atoms with E-state index in [4.69, 9.17) is 9.72 Å². The lowest BCUT2D eigenvalue weighted by atomic mass is 10.1. The Hall–Kier alpha value is -4.63. The maximum Gasteiger partial charge on any atom is 0.138 e. The fourth-order valence-electron chi connectivity index (χ4n) is 4.90. The molecule has 0 aromatic carbocycles. The molecule has 1 saturated heterocycles. The van der Waals surface area contributed by atoms with Crippen molar-refractivity contribution in [2.24, 2.45) is 0 Å². The summed E-state index contributed by atoms with van der Waals surface area (Å²) in [5, 5.41) is 12.1. The molecular weight excluding hydrogens is 464 g/mol. The number of fused-ring (bicyclic) bond motifs is 2. The predicted molar refractivity (Wildman–Crippen MR) is 142 cm³/mol. The van der Waals surface area contributed by atoms with Gasteiger partial charge >= 0.3 is 0 Å². The van der Waals surface area contributed by atoms with Gasteiger partial charge in [-0.25, -0.2) is 9.97 Å². The van der Waals surface area contributed by atoms with E-state index in [-0.39, 0.29) is 6.10 Å². The van der Waals surface area contributed by atoms with Crippen molar-refractivity contribution in [1.82, 2.24) is 40.4 Å². The van der Waals surface area contributed by atoms with E-state index in [2.05, 4.69) is 41.5 Å². The van der Waals surface area contributed by atoms with Crippen LogP contribution in [0.1, 0.15) is 12.8 Å². The Bertz CT molecular complexity index is 1700. The summed E-state index contributed by atoms with van der Waals surface area (Å²) >= 11 is 0. The highest BCUT2D eigenvalue weighted by Gasteiger charge is 2.17. The van der Waals surface area contributed by atoms with Crippen molar-refractivity contribution in [2.45, 2.75) is 18.9 Å². The molecule has 6 aromatic heterocycles. The number of aromatic amines is 2. The first kappa shape index (κ1) is 21.6. The minimum absolute atomic E-state index is 0.210. The van der Waals surface area contributed by atoms with Crippen LogP contribution in [0, 0.1) is 0 Å². The zero-order chi connectivity index (χ0) is 24.6. The van der Waals surface area contributed by atoms with E-state index in [1.807, 2.05) is 48.8 Å². The fraction of sp³-hybridized carbons (Fsp3) is 0.179. The molecule has 182 valence electrons. The first-order valence-electron chi connectivity index (χ1n) is 12.4. The average molecular weight is 489 g/mol. The van der Waals surface area contributed by atoms with Gasteiger partial charge in [0.05, 0.1) is 23.1 Å². The van der Waals surface area contributed by atoms with Crippen LogP contribution < -0.4 is 10.1 Å². The zero-order valence-corrected chi connectivity index (χ0v) is 20.0. The minimum Gasteiger partial charge on any atom is -0.489 e. The number of nitrogens with one attached hydrogen (secondary N) is 3. The monoisotopic (exact) mass is 488 g/mol. The molecule has 37 heavy (non-hydrogen) atoms. The molecule has 0 amide bonds. The van der Waals surface area contributed by atoms with E-state index in [1.54, 1.807) is 18.6 Å². The van der Waals surface area contributed by atoms with Gasteiger partial charge in [-0.15, -0.1) is 0 Å². The molecule has 0 atom stereocenters. The summed E-state index contributed by atoms with van der Waals surface area (Å²) in [5.41, 5.74) is 7.80. The summed E-state index contributed by atoms with van der Waals surface area (Å²) < 4.78 is 6.20. The van der Waals surface area contributed by atoms with Crippen LogP contribution in [-0.2, 0) is 0 Å². The molecule has 1 aliphatic heterocycles. The number of hydrogen-bond donors (Lipinski definition) is 3. The van der Waals surface area contributed by atoms with Crippen LogP contribution in [0.25, 0.3) is 55.8 Å². The molecule has 9 heteroatoms. The van der Waals surface area contributed by atoms with E-state index in [0.717, 1.165) is 87.5 Å². The number of rotatable bonds is 5. The minimum atomic E-state index is 0.210. The fourth-order valence-corrected chi connectivity index (χ4v) is 4.90. The molecule has 1 fully saturated rings. The molecule has 0 aliphatic carbocycles. The van der Waals surface area contributed by atoms with Gasteiger partial charge in [0.1, 0.15) is 28.7 Å². The number of piperidine rings is 1. The second-order valence-electron chi connectivity index (χ2n) is 9.19. The summed E-state index contributed by atoms with van der Waals surface area (Å²) in [7, 11) is 0. The second-order valence-corrected chi connectivity index (χ2v) is 9.19. The summed E-state index contributed by atoms with van der Waals surface area (Å²) in [6, 6.07) is 14.0. The molecule has 0 unspecified atom stereocenters. The van der Waals surface area contributed by atoms with Crippen LogP contribution in [0.3, 0.4) is 0 Å². The molecule has 9 nitrogen and oxygen atoms in total. The summed E-state index contributed by atoms with van der Waals surface area (Å²) in [4.78, 5) is 21.6. The summed E-state index contributed by atoms with van der Waals surface area (Å²) in [6.45, 7) is 1.96. The number of ether oxygens (including phenoxy) is 1. The first-order chi connectivity index (χ1) is 18.3. The standard InChI is InChI=1S/C28H24N8O/c1-2-17(14-30-8-1)21-7-11-32-28-22(21)13-25(34-28)27-26-24(35-36-27)4-3-23(33-26)18-12-20(16-31-15-18)37-19-5-9-29-10-6-19/h1-4,7-8,11-16,19,29H,5-6,9-10H2,(H,32,34)(H,35,36). The molecule has 1 aliphatic rings. The molecule has 7 heterocycles. The number of aromatic nitrogens is 7. The van der Waals surface area contributed by atoms with Crippen molar-refractivity contribution in [2.75, 3.05) is 13.1 Å². The molecule has 0 bridgehead atoms. The molecule has 7 rings (SSSR count). The van der Waals surface area contributed by atoms with Gasteiger partial charge in [-0.3, -0.25) is 15.1 Å². The Labute approximate surface area is 212 Å². The highest BCUT2D eigenvalue weighted by Crippen LogP contribution is 2.33.